The molecule has 1 unspecified atom stereocenters. The molecule has 0 saturated heterocycles. The van der Waals surface area contributed by atoms with Crippen LogP contribution in [0.15, 0.2) is 58.3 Å². The van der Waals surface area contributed by atoms with Gasteiger partial charge < -0.3 is 29.6 Å². The van der Waals surface area contributed by atoms with Crippen LogP contribution in [-0.2, 0) is 16.1 Å². The second-order valence-electron chi connectivity index (χ2n) is 7.68. The van der Waals surface area contributed by atoms with Crippen molar-refractivity contribution in [3.63, 3.8) is 0 Å². The van der Waals surface area contributed by atoms with Crippen molar-refractivity contribution in [1.29, 1.82) is 0 Å². The van der Waals surface area contributed by atoms with Crippen LogP contribution >= 0.6 is 0 Å². The van der Waals surface area contributed by atoms with E-state index in [0.717, 1.165) is 18.8 Å². The Bertz CT molecular complexity index is 920. The van der Waals surface area contributed by atoms with Crippen molar-refractivity contribution in [2.24, 2.45) is 0 Å². The van der Waals surface area contributed by atoms with Gasteiger partial charge in [0.05, 0.1) is 30.7 Å². The summed E-state index contributed by atoms with van der Waals surface area (Å²) in [6.07, 6.45) is 1.52. The smallest absolute Gasteiger partial charge is 0.338 e. The molecule has 0 spiro atoms. The van der Waals surface area contributed by atoms with E-state index in [4.69, 9.17) is 9.15 Å². The fourth-order valence-corrected chi connectivity index (χ4v) is 3.64. The van der Waals surface area contributed by atoms with Gasteiger partial charge in [0.1, 0.15) is 24.9 Å². The molecule has 1 aliphatic heterocycles. The lowest BCUT2D eigenvalue weighted by Gasteiger charge is -2.29. The molecular formula is C23H31N4O4+. The molecular weight excluding hydrogens is 396 g/mol. The topological polar surface area (TPSA) is 88.2 Å². The van der Waals surface area contributed by atoms with Crippen LogP contribution in [0.4, 0.5) is 10.5 Å². The van der Waals surface area contributed by atoms with Gasteiger partial charge in [-0.05, 0) is 38.1 Å². The number of amides is 2. The molecule has 2 atom stereocenters. The molecule has 3 rings (SSSR count). The fourth-order valence-electron chi connectivity index (χ4n) is 3.64. The van der Waals surface area contributed by atoms with Gasteiger partial charge in [-0.1, -0.05) is 12.1 Å². The van der Waals surface area contributed by atoms with Gasteiger partial charge in [0.25, 0.3) is 0 Å². The number of esters is 1. The fraction of sp³-hybridized carbons (Fsp3) is 0.391. The minimum Gasteiger partial charge on any atom is -0.467 e. The number of hydrogen-bond donors (Lipinski definition) is 3. The molecule has 2 amide bonds. The monoisotopic (exact) mass is 427 g/mol. The van der Waals surface area contributed by atoms with E-state index in [0.29, 0.717) is 23.6 Å². The number of urea groups is 1. The van der Waals surface area contributed by atoms with Gasteiger partial charge in [0, 0.05) is 25.3 Å². The zero-order valence-corrected chi connectivity index (χ0v) is 18.5. The molecule has 0 fully saturated rings. The maximum atomic E-state index is 12.8. The number of rotatable bonds is 9. The molecule has 1 aromatic heterocycles. The molecule has 0 aliphatic carbocycles. The Morgan fingerprint density at radius 2 is 1.90 bits per heavy atom. The van der Waals surface area contributed by atoms with Crippen LogP contribution in [-0.4, -0.2) is 45.8 Å². The van der Waals surface area contributed by atoms with Gasteiger partial charge in [-0.15, -0.1) is 0 Å². The first-order chi connectivity index (χ1) is 14.9. The minimum absolute atomic E-state index is 0.247. The van der Waals surface area contributed by atoms with Crippen LogP contribution in [0.5, 0.6) is 0 Å². The Hall–Kier alpha value is -3.26. The summed E-state index contributed by atoms with van der Waals surface area (Å²) >= 11 is 0. The number of quaternary nitrogens is 1. The molecule has 1 aromatic carbocycles. The lowest BCUT2D eigenvalue weighted by atomic mass is 9.99. The van der Waals surface area contributed by atoms with E-state index in [-0.39, 0.29) is 12.6 Å². The molecule has 8 heteroatoms. The Labute approximate surface area is 182 Å². The number of benzene rings is 1. The third kappa shape index (κ3) is 5.46. The summed E-state index contributed by atoms with van der Waals surface area (Å²) in [6, 6.07) is 10.8. The van der Waals surface area contributed by atoms with E-state index in [9.17, 15) is 9.59 Å². The number of ether oxygens (including phenoxy) is 1. The van der Waals surface area contributed by atoms with Crippen molar-refractivity contribution in [1.82, 2.24) is 10.6 Å². The second-order valence-corrected chi connectivity index (χ2v) is 7.68. The van der Waals surface area contributed by atoms with Gasteiger partial charge in [-0.25, -0.2) is 9.59 Å². The summed E-state index contributed by atoms with van der Waals surface area (Å²) in [6.45, 7) is 6.15. The summed E-state index contributed by atoms with van der Waals surface area (Å²) in [4.78, 5) is 28.5. The standard InChI is InChI=1S/C23H30N4O4/c1-5-27(14-16-9-11-17(12-10-16)26(3)4)15-18-20(22(28)30-6-2)21(25-23(29)24-18)19-8-7-13-31-19/h7-13,21H,5-6,14-15H2,1-4H3,(H2,24,25,29)/p+1/t21-/m1/s1. The highest BCUT2D eigenvalue weighted by atomic mass is 16.5. The number of nitrogens with one attached hydrogen (secondary N) is 3. The Morgan fingerprint density at radius 3 is 2.48 bits per heavy atom. The van der Waals surface area contributed by atoms with Crippen molar-refractivity contribution >= 4 is 17.7 Å². The number of carbonyl (C=O) groups is 2. The maximum Gasteiger partial charge on any atom is 0.338 e. The molecule has 2 heterocycles. The molecule has 0 bridgehead atoms. The summed E-state index contributed by atoms with van der Waals surface area (Å²) in [5, 5.41) is 5.61. The number of furan rings is 1. The van der Waals surface area contributed by atoms with E-state index in [2.05, 4.69) is 46.7 Å². The number of hydrogen-bond acceptors (Lipinski definition) is 5. The molecule has 0 radical (unpaired) electrons. The van der Waals surface area contributed by atoms with Crippen molar-refractivity contribution in [2.45, 2.75) is 26.4 Å². The van der Waals surface area contributed by atoms with Crippen molar-refractivity contribution < 1.29 is 23.6 Å². The molecule has 0 saturated carbocycles. The van der Waals surface area contributed by atoms with Gasteiger partial charge in [-0.3, -0.25) is 0 Å². The molecule has 166 valence electrons. The van der Waals surface area contributed by atoms with Crippen LogP contribution in [0.1, 0.15) is 31.2 Å². The van der Waals surface area contributed by atoms with Crippen LogP contribution in [0.2, 0.25) is 0 Å². The zero-order valence-electron chi connectivity index (χ0n) is 18.5. The highest BCUT2D eigenvalue weighted by Crippen LogP contribution is 2.27. The van der Waals surface area contributed by atoms with Crippen LogP contribution < -0.4 is 20.4 Å². The Morgan fingerprint density at radius 1 is 1.16 bits per heavy atom. The quantitative estimate of drug-likeness (QED) is 0.530. The third-order valence-electron chi connectivity index (χ3n) is 5.31. The van der Waals surface area contributed by atoms with E-state index in [1.165, 1.54) is 16.7 Å². The van der Waals surface area contributed by atoms with E-state index < -0.39 is 12.0 Å². The Balaban J connectivity index is 1.88. The van der Waals surface area contributed by atoms with Gasteiger partial charge in [0.2, 0.25) is 0 Å². The summed E-state index contributed by atoms with van der Waals surface area (Å²) < 4.78 is 10.8. The first-order valence-corrected chi connectivity index (χ1v) is 10.5. The molecule has 3 N–H and O–H groups in total. The highest BCUT2D eigenvalue weighted by molar-refractivity contribution is 5.95. The van der Waals surface area contributed by atoms with Crippen molar-refractivity contribution in [3.05, 3.63) is 65.3 Å². The lowest BCUT2D eigenvalue weighted by molar-refractivity contribution is -0.907. The first kappa shape index (κ1) is 22.4. The predicted octanol–water partition coefficient (Wildman–Crippen LogP) is 1.62. The minimum atomic E-state index is -0.685. The predicted molar refractivity (Wildman–Crippen MR) is 118 cm³/mol. The zero-order chi connectivity index (χ0) is 22.4. The largest absolute Gasteiger partial charge is 0.467 e. The lowest BCUT2D eigenvalue weighted by Crippen LogP contribution is -3.10. The summed E-state index contributed by atoms with van der Waals surface area (Å²) in [5.41, 5.74) is 3.26. The number of likely N-dealkylation sites (N-methyl/N-ethyl adjacent to an activating group) is 1. The van der Waals surface area contributed by atoms with Gasteiger partial charge in [-0.2, -0.15) is 0 Å². The summed E-state index contributed by atoms with van der Waals surface area (Å²) in [7, 11) is 4.02. The number of carbonyl (C=O) groups excluding carboxylic acids is 2. The van der Waals surface area contributed by atoms with E-state index in [1.54, 1.807) is 19.1 Å². The average molecular weight is 428 g/mol. The molecule has 8 nitrogen and oxygen atoms in total. The second kappa shape index (κ2) is 10.2. The maximum absolute atomic E-state index is 12.8. The number of anilines is 1. The normalized spacial score (nSPS) is 17.0. The van der Waals surface area contributed by atoms with E-state index >= 15 is 0 Å². The van der Waals surface area contributed by atoms with Gasteiger partial charge >= 0.3 is 12.0 Å². The first-order valence-electron chi connectivity index (χ1n) is 10.5. The van der Waals surface area contributed by atoms with E-state index in [1.807, 2.05) is 14.1 Å². The van der Waals surface area contributed by atoms with Crippen LogP contribution in [0, 0.1) is 0 Å². The van der Waals surface area contributed by atoms with Crippen LogP contribution in [0.3, 0.4) is 0 Å². The number of nitrogens with zero attached hydrogens (tertiary/aromatic N) is 1. The van der Waals surface area contributed by atoms with Crippen molar-refractivity contribution in [2.75, 3.05) is 38.7 Å². The SMILES string of the molecule is CCOC(=O)C1=C(C[NH+](CC)Cc2ccc(N(C)C)cc2)NC(=O)N[C@@H]1c1ccco1. The van der Waals surface area contributed by atoms with Crippen molar-refractivity contribution in [3.8, 4) is 0 Å². The Kier molecular flexibility index (Phi) is 7.36. The highest BCUT2D eigenvalue weighted by Gasteiger charge is 2.36. The molecule has 1 aliphatic rings. The molecule has 2 aromatic rings. The third-order valence-corrected chi connectivity index (χ3v) is 5.31. The molecule has 31 heavy (non-hydrogen) atoms. The van der Waals surface area contributed by atoms with Gasteiger partial charge in [0.15, 0.2) is 0 Å². The average Bonchev–Trinajstić information content (AvgIpc) is 3.28. The summed E-state index contributed by atoms with van der Waals surface area (Å²) in [5.74, 6) is 0.0323. The van der Waals surface area contributed by atoms with Crippen LogP contribution in [0.25, 0.3) is 0 Å².